The smallest absolute Gasteiger partial charge is 0.366 e. The second kappa shape index (κ2) is 10.7. The number of aromatic amines is 1. The first-order valence-electron chi connectivity index (χ1n) is 15.1. The van der Waals surface area contributed by atoms with Gasteiger partial charge in [0.1, 0.15) is 17.4 Å². The Balaban J connectivity index is 1.52. The molecule has 4 heterocycles. The number of carbonyl (C=O) groups excluding carboxylic acids is 4. The summed E-state index contributed by atoms with van der Waals surface area (Å²) >= 11 is 0. The minimum Gasteiger partial charge on any atom is -0.460 e. The molecule has 3 aliphatic rings. The molecule has 2 aromatic carbocycles. The number of hydrogen-bond donors (Lipinski definition) is 2. The molecule has 3 aromatic rings. The summed E-state index contributed by atoms with van der Waals surface area (Å²) in [6.45, 7) is 11.1. The number of carbonyl (C=O) groups is 4. The normalized spacial score (nSPS) is 21.0. The molecular formula is C35H37N4O6+. The lowest BCUT2D eigenvalue weighted by Crippen LogP contribution is -2.56. The van der Waals surface area contributed by atoms with Crippen molar-refractivity contribution in [2.45, 2.75) is 71.6 Å². The fraction of sp³-hybridized carbons (Fsp3) is 0.343. The molecule has 0 saturated heterocycles. The van der Waals surface area contributed by atoms with Crippen LogP contribution in [-0.4, -0.2) is 58.2 Å². The van der Waals surface area contributed by atoms with Crippen LogP contribution in [0.1, 0.15) is 64.7 Å². The molecule has 10 nitrogen and oxygen atoms in total. The van der Waals surface area contributed by atoms with Crippen LogP contribution >= 0.6 is 0 Å². The maximum atomic E-state index is 13.8. The molecule has 2 unspecified atom stereocenters. The Morgan fingerprint density at radius 3 is 2.36 bits per heavy atom. The van der Waals surface area contributed by atoms with Crippen molar-refractivity contribution >= 4 is 51.6 Å². The number of hydrogen-bond acceptors (Lipinski definition) is 7. The SMILES string of the molecule is CC(C)(C)OC(=O)CC[N+]12C=CN=C(C3=C(c4c[nH]c5ccccc45)C(=O)NC3=O)c3cccc(c31)CC2C(=O)OC(C)(C)C. The maximum absolute atomic E-state index is 13.8. The average Bonchev–Trinajstić information content (AvgIpc) is 3.55. The zero-order valence-electron chi connectivity index (χ0n) is 26.3. The predicted octanol–water partition coefficient (Wildman–Crippen LogP) is 4.86. The van der Waals surface area contributed by atoms with Crippen molar-refractivity contribution in [3.8, 4) is 0 Å². The van der Waals surface area contributed by atoms with Crippen molar-refractivity contribution in [1.29, 1.82) is 0 Å². The number of rotatable bonds is 6. The van der Waals surface area contributed by atoms with Crippen LogP contribution in [0.4, 0.5) is 5.69 Å². The molecule has 1 aromatic heterocycles. The second-order valence-electron chi connectivity index (χ2n) is 13.6. The first-order chi connectivity index (χ1) is 21.2. The van der Waals surface area contributed by atoms with Gasteiger partial charge in [0, 0.05) is 34.6 Å². The van der Waals surface area contributed by atoms with Gasteiger partial charge >= 0.3 is 11.9 Å². The Morgan fingerprint density at radius 2 is 1.62 bits per heavy atom. The maximum Gasteiger partial charge on any atom is 0.366 e. The topological polar surface area (TPSA) is 127 Å². The van der Waals surface area contributed by atoms with E-state index in [1.165, 1.54) is 0 Å². The first kappa shape index (κ1) is 30.2. The lowest BCUT2D eigenvalue weighted by molar-refractivity contribution is -0.161. The summed E-state index contributed by atoms with van der Waals surface area (Å²) in [6.07, 6.45) is 5.45. The Labute approximate surface area is 261 Å². The molecule has 0 fully saturated rings. The molecule has 45 heavy (non-hydrogen) atoms. The lowest BCUT2D eigenvalue weighted by Gasteiger charge is -2.37. The van der Waals surface area contributed by atoms with Gasteiger partial charge in [0.15, 0.2) is 5.69 Å². The van der Waals surface area contributed by atoms with Gasteiger partial charge in [0.2, 0.25) is 6.04 Å². The fourth-order valence-corrected chi connectivity index (χ4v) is 6.51. The van der Waals surface area contributed by atoms with Gasteiger partial charge in [-0.3, -0.25) is 24.2 Å². The zero-order valence-corrected chi connectivity index (χ0v) is 26.3. The Hall–Kier alpha value is -4.83. The van der Waals surface area contributed by atoms with E-state index in [0.717, 1.165) is 22.2 Å². The third-order valence-electron chi connectivity index (χ3n) is 8.11. The third-order valence-corrected chi connectivity index (χ3v) is 8.11. The molecule has 2 N–H and O–H groups in total. The van der Waals surface area contributed by atoms with Crippen LogP contribution < -0.4 is 9.80 Å². The number of esters is 2. The van der Waals surface area contributed by atoms with Crippen molar-refractivity contribution in [3.63, 3.8) is 0 Å². The summed E-state index contributed by atoms with van der Waals surface area (Å²) in [5.41, 5.74) is 2.90. The number of nitrogens with zero attached hydrogens (tertiary/aromatic N) is 2. The summed E-state index contributed by atoms with van der Waals surface area (Å²) in [7, 11) is 0. The van der Waals surface area contributed by atoms with Crippen molar-refractivity contribution < 1.29 is 28.7 Å². The summed E-state index contributed by atoms with van der Waals surface area (Å²) in [4.78, 5) is 61.7. The monoisotopic (exact) mass is 609 g/mol. The van der Waals surface area contributed by atoms with Gasteiger partial charge in [-0.1, -0.05) is 30.3 Å². The number of fused-ring (bicyclic) bond motifs is 1. The van der Waals surface area contributed by atoms with Gasteiger partial charge in [0.05, 0.1) is 41.6 Å². The van der Waals surface area contributed by atoms with E-state index >= 15 is 0 Å². The Kier molecular flexibility index (Phi) is 7.16. The number of aromatic nitrogens is 1. The molecular weight excluding hydrogens is 572 g/mol. The molecule has 0 aliphatic carbocycles. The largest absolute Gasteiger partial charge is 0.460 e. The number of benzene rings is 2. The van der Waals surface area contributed by atoms with E-state index < -0.39 is 41.0 Å². The van der Waals surface area contributed by atoms with Crippen LogP contribution in [0.2, 0.25) is 0 Å². The first-order valence-corrected chi connectivity index (χ1v) is 15.1. The van der Waals surface area contributed by atoms with Crippen LogP contribution in [0.3, 0.4) is 0 Å². The predicted molar refractivity (Wildman–Crippen MR) is 171 cm³/mol. The van der Waals surface area contributed by atoms with Gasteiger partial charge in [-0.15, -0.1) is 0 Å². The van der Waals surface area contributed by atoms with Gasteiger partial charge in [0.25, 0.3) is 11.8 Å². The lowest BCUT2D eigenvalue weighted by atomic mass is 9.92. The number of imide groups is 1. The van der Waals surface area contributed by atoms with Crippen LogP contribution in [0, 0.1) is 0 Å². The highest BCUT2D eigenvalue weighted by molar-refractivity contribution is 6.48. The highest BCUT2D eigenvalue weighted by atomic mass is 16.6. The van der Waals surface area contributed by atoms with Crippen LogP contribution in [-0.2, 0) is 35.1 Å². The van der Waals surface area contributed by atoms with Crippen molar-refractivity contribution in [2.24, 2.45) is 4.99 Å². The van der Waals surface area contributed by atoms with Crippen LogP contribution in [0.25, 0.3) is 16.5 Å². The molecule has 0 bridgehead atoms. The van der Waals surface area contributed by atoms with Crippen LogP contribution in [0.5, 0.6) is 0 Å². The molecule has 232 valence electrons. The molecule has 10 heteroatoms. The summed E-state index contributed by atoms with van der Waals surface area (Å²) in [5.74, 6) is -1.87. The van der Waals surface area contributed by atoms with Crippen molar-refractivity contribution in [3.05, 3.63) is 83.3 Å². The van der Waals surface area contributed by atoms with E-state index in [1.807, 2.05) is 84.0 Å². The molecule has 2 amide bonds. The Morgan fingerprint density at radius 1 is 0.911 bits per heavy atom. The number of ether oxygens (including phenoxy) is 2. The summed E-state index contributed by atoms with van der Waals surface area (Å²) in [5, 5.41) is 3.27. The number of quaternary nitrogens is 1. The Bertz CT molecular complexity index is 1870. The quantitative estimate of drug-likeness (QED) is 0.234. The highest BCUT2D eigenvalue weighted by Gasteiger charge is 2.54. The molecule has 3 aliphatic heterocycles. The third kappa shape index (κ3) is 5.39. The van der Waals surface area contributed by atoms with E-state index in [9.17, 15) is 19.2 Å². The summed E-state index contributed by atoms with van der Waals surface area (Å²) in [6, 6.07) is 12.5. The highest BCUT2D eigenvalue weighted by Crippen LogP contribution is 2.46. The molecule has 0 radical (unpaired) electrons. The molecule has 2 atom stereocenters. The number of para-hydroxylation sites is 2. The van der Waals surface area contributed by atoms with Gasteiger partial charge in [-0.2, -0.15) is 0 Å². The molecule has 6 rings (SSSR count). The van der Waals surface area contributed by atoms with Crippen molar-refractivity contribution in [1.82, 2.24) is 14.8 Å². The number of H-pyrrole nitrogens is 1. The van der Waals surface area contributed by atoms with E-state index in [2.05, 4.69) is 10.3 Å². The number of amides is 2. The van der Waals surface area contributed by atoms with Crippen molar-refractivity contribution in [2.75, 3.05) is 6.54 Å². The standard InChI is InChI=1S/C35H36N4O6/c1-34(2,3)44-26(40)14-16-39-17-15-36-29(22-12-9-10-20(30(22)39)18-25(39)33(43)45-35(4,5)6)28-27(31(41)38-32(28)42)23-19-37-24-13-8-7-11-21(23)24/h7-13,15,17,19,25H,14,16,18H2,1-6H3,(H-,36,37,38,41,42)/p+1. The summed E-state index contributed by atoms with van der Waals surface area (Å²) < 4.78 is 11.5. The van der Waals surface area contributed by atoms with E-state index in [-0.39, 0.29) is 28.6 Å². The van der Waals surface area contributed by atoms with Gasteiger partial charge < -0.3 is 14.5 Å². The van der Waals surface area contributed by atoms with Crippen LogP contribution in [0.15, 0.2) is 71.6 Å². The fourth-order valence-electron chi connectivity index (χ4n) is 6.51. The molecule has 0 spiro atoms. The second-order valence-corrected chi connectivity index (χ2v) is 13.6. The van der Waals surface area contributed by atoms with E-state index in [4.69, 9.17) is 14.5 Å². The van der Waals surface area contributed by atoms with E-state index in [1.54, 1.807) is 18.6 Å². The molecule has 0 saturated carbocycles. The van der Waals surface area contributed by atoms with Gasteiger partial charge in [-0.05, 0) is 53.7 Å². The number of aliphatic imine (C=N–C) groups is 1. The minimum atomic E-state index is -0.734. The zero-order chi connectivity index (χ0) is 32.3. The van der Waals surface area contributed by atoms with Gasteiger partial charge in [-0.25, -0.2) is 9.79 Å². The minimum absolute atomic E-state index is 0.0201. The average molecular weight is 610 g/mol. The van der Waals surface area contributed by atoms with E-state index in [0.29, 0.717) is 23.3 Å². The number of nitrogens with one attached hydrogen (secondary N) is 2.